The molecule has 4 aromatic rings. The molecule has 5 rings (SSSR count). The van der Waals surface area contributed by atoms with E-state index in [9.17, 15) is 9.59 Å². The minimum Gasteiger partial charge on any atom is -0.422 e. The van der Waals surface area contributed by atoms with Crippen LogP contribution in [0.4, 0.5) is 5.82 Å². The van der Waals surface area contributed by atoms with E-state index in [1.807, 2.05) is 36.4 Å². The van der Waals surface area contributed by atoms with E-state index in [2.05, 4.69) is 14.9 Å². The van der Waals surface area contributed by atoms with Crippen LogP contribution >= 0.6 is 0 Å². The lowest BCUT2D eigenvalue weighted by Crippen LogP contribution is -2.49. The number of amides is 1. The number of hydrogen-bond donors (Lipinski definition) is 1. The molecule has 0 saturated carbocycles. The van der Waals surface area contributed by atoms with Crippen LogP contribution in [-0.2, 0) is 6.54 Å². The van der Waals surface area contributed by atoms with Gasteiger partial charge in [0.15, 0.2) is 0 Å². The molecule has 8 heteroatoms. The van der Waals surface area contributed by atoms with Crippen LogP contribution in [0.2, 0.25) is 0 Å². The second-order valence-corrected chi connectivity index (χ2v) is 7.60. The van der Waals surface area contributed by atoms with Crippen LogP contribution in [0.3, 0.4) is 0 Å². The predicted molar refractivity (Wildman–Crippen MR) is 118 cm³/mol. The van der Waals surface area contributed by atoms with Crippen LogP contribution in [0.5, 0.6) is 0 Å². The summed E-state index contributed by atoms with van der Waals surface area (Å²) < 4.78 is 5.31. The molecule has 1 fully saturated rings. The number of carbonyl (C=O) groups excluding carboxylic acids is 1. The van der Waals surface area contributed by atoms with Crippen LogP contribution < -0.4 is 11.4 Å². The van der Waals surface area contributed by atoms with E-state index in [1.54, 1.807) is 23.1 Å². The zero-order chi connectivity index (χ0) is 21.4. The maximum Gasteiger partial charge on any atom is 0.349 e. The van der Waals surface area contributed by atoms with Crippen molar-refractivity contribution in [1.82, 2.24) is 19.8 Å². The molecule has 1 saturated heterocycles. The maximum absolute atomic E-state index is 12.9. The molecule has 0 unspecified atom stereocenters. The smallest absolute Gasteiger partial charge is 0.349 e. The van der Waals surface area contributed by atoms with Crippen LogP contribution in [0.1, 0.15) is 16.2 Å². The molecular formula is C23H21N5O3. The predicted octanol–water partition coefficient (Wildman–Crippen LogP) is 2.28. The van der Waals surface area contributed by atoms with Crippen molar-refractivity contribution in [3.8, 4) is 0 Å². The number of hydrogen-bond acceptors (Lipinski definition) is 7. The maximum atomic E-state index is 12.9. The van der Waals surface area contributed by atoms with Gasteiger partial charge < -0.3 is 15.1 Å². The summed E-state index contributed by atoms with van der Waals surface area (Å²) in [6.45, 7) is 2.87. The van der Waals surface area contributed by atoms with Gasteiger partial charge in [0, 0.05) is 37.0 Å². The van der Waals surface area contributed by atoms with Crippen molar-refractivity contribution in [3.05, 3.63) is 76.4 Å². The Balaban J connectivity index is 1.28. The van der Waals surface area contributed by atoms with Gasteiger partial charge in [-0.25, -0.2) is 14.8 Å². The monoisotopic (exact) mass is 415 g/mol. The van der Waals surface area contributed by atoms with Gasteiger partial charge in [-0.15, -0.1) is 0 Å². The zero-order valence-corrected chi connectivity index (χ0v) is 16.8. The number of piperazine rings is 1. The number of carbonyl (C=O) groups is 1. The molecule has 0 bridgehead atoms. The number of nitrogens with two attached hydrogens (primary N) is 1. The lowest BCUT2D eigenvalue weighted by atomic mass is 10.1. The van der Waals surface area contributed by atoms with Crippen molar-refractivity contribution in [2.75, 3.05) is 31.9 Å². The van der Waals surface area contributed by atoms with Gasteiger partial charge in [0.25, 0.3) is 5.91 Å². The first-order valence-corrected chi connectivity index (χ1v) is 10.1. The molecule has 156 valence electrons. The molecular weight excluding hydrogens is 394 g/mol. The van der Waals surface area contributed by atoms with Gasteiger partial charge in [0.1, 0.15) is 22.8 Å². The fraction of sp³-hybridized carbons (Fsp3) is 0.217. The quantitative estimate of drug-likeness (QED) is 0.512. The molecule has 1 aliphatic rings. The third kappa shape index (κ3) is 3.73. The summed E-state index contributed by atoms with van der Waals surface area (Å²) in [5.41, 5.74) is 6.84. The summed E-state index contributed by atoms with van der Waals surface area (Å²) in [4.78, 5) is 38.1. The molecule has 0 atom stereocenters. The molecule has 3 heterocycles. The Hall–Kier alpha value is -3.78. The fourth-order valence-corrected chi connectivity index (χ4v) is 3.91. The molecule has 2 aromatic heterocycles. The van der Waals surface area contributed by atoms with Gasteiger partial charge in [-0.3, -0.25) is 9.69 Å². The third-order valence-electron chi connectivity index (χ3n) is 5.58. The van der Waals surface area contributed by atoms with Gasteiger partial charge in [-0.1, -0.05) is 30.3 Å². The van der Waals surface area contributed by atoms with E-state index in [0.717, 1.165) is 16.3 Å². The standard InChI is InChI=1S/C23H21N5O3/c24-21-16-6-2-3-7-18(16)25-20(26-21)14-27-9-11-28(12-10-27)22(29)17-13-15-5-1-4-8-19(15)31-23(17)30/h1-8,13H,9-12,14H2,(H2,24,25,26). The fourth-order valence-electron chi connectivity index (χ4n) is 3.91. The van der Waals surface area contributed by atoms with E-state index >= 15 is 0 Å². The Morgan fingerprint density at radius 2 is 1.74 bits per heavy atom. The third-order valence-corrected chi connectivity index (χ3v) is 5.58. The van der Waals surface area contributed by atoms with Crippen LogP contribution in [0, 0.1) is 0 Å². The first-order chi connectivity index (χ1) is 15.1. The van der Waals surface area contributed by atoms with Crippen molar-refractivity contribution < 1.29 is 9.21 Å². The summed E-state index contributed by atoms with van der Waals surface area (Å²) in [5, 5.41) is 1.58. The molecule has 1 amide bonds. The molecule has 1 aliphatic heterocycles. The van der Waals surface area contributed by atoms with Crippen LogP contribution in [-0.4, -0.2) is 51.9 Å². The van der Waals surface area contributed by atoms with Gasteiger partial charge in [0.05, 0.1) is 12.1 Å². The SMILES string of the molecule is Nc1nc(CN2CCN(C(=O)c3cc4ccccc4oc3=O)CC2)nc2ccccc12. The number of nitrogens with zero attached hydrogens (tertiary/aromatic N) is 4. The number of anilines is 1. The summed E-state index contributed by atoms with van der Waals surface area (Å²) >= 11 is 0. The van der Waals surface area contributed by atoms with E-state index in [1.165, 1.54) is 0 Å². The largest absolute Gasteiger partial charge is 0.422 e. The Kier molecular flexibility index (Phi) is 4.83. The number of nitrogen functional groups attached to an aromatic ring is 1. The highest BCUT2D eigenvalue weighted by Crippen LogP contribution is 2.19. The summed E-state index contributed by atoms with van der Waals surface area (Å²) in [7, 11) is 0. The summed E-state index contributed by atoms with van der Waals surface area (Å²) in [5.74, 6) is 0.828. The van der Waals surface area contributed by atoms with E-state index in [-0.39, 0.29) is 11.5 Å². The van der Waals surface area contributed by atoms with Crippen LogP contribution in [0.15, 0.2) is 63.8 Å². The molecule has 0 radical (unpaired) electrons. The number of fused-ring (bicyclic) bond motifs is 2. The van der Waals surface area contributed by atoms with Gasteiger partial charge in [-0.2, -0.15) is 0 Å². The highest BCUT2D eigenvalue weighted by Gasteiger charge is 2.25. The van der Waals surface area contributed by atoms with Crippen molar-refractivity contribution in [1.29, 1.82) is 0 Å². The van der Waals surface area contributed by atoms with Crippen molar-refractivity contribution >= 4 is 33.6 Å². The molecule has 2 aromatic carbocycles. The van der Waals surface area contributed by atoms with Crippen molar-refractivity contribution in [3.63, 3.8) is 0 Å². The molecule has 0 aliphatic carbocycles. The second-order valence-electron chi connectivity index (χ2n) is 7.60. The Bertz CT molecular complexity index is 1340. The molecule has 2 N–H and O–H groups in total. The molecule has 31 heavy (non-hydrogen) atoms. The molecule has 0 spiro atoms. The van der Waals surface area contributed by atoms with Crippen molar-refractivity contribution in [2.45, 2.75) is 6.54 Å². The highest BCUT2D eigenvalue weighted by atomic mass is 16.4. The normalized spacial score (nSPS) is 14.9. The zero-order valence-electron chi connectivity index (χ0n) is 16.8. The number of para-hydroxylation sites is 2. The lowest BCUT2D eigenvalue weighted by molar-refractivity contribution is 0.0621. The van der Waals surface area contributed by atoms with Crippen LogP contribution in [0.25, 0.3) is 21.9 Å². The average molecular weight is 415 g/mol. The number of aromatic nitrogens is 2. The van der Waals surface area contributed by atoms with Gasteiger partial charge in [-0.05, 0) is 24.3 Å². The van der Waals surface area contributed by atoms with Gasteiger partial charge in [0.2, 0.25) is 0 Å². The van der Waals surface area contributed by atoms with Gasteiger partial charge >= 0.3 is 5.63 Å². The number of rotatable bonds is 3. The minimum atomic E-state index is -0.605. The lowest BCUT2D eigenvalue weighted by Gasteiger charge is -2.34. The van der Waals surface area contributed by atoms with E-state index in [0.29, 0.717) is 49.9 Å². The topological polar surface area (TPSA) is 106 Å². The van der Waals surface area contributed by atoms with E-state index < -0.39 is 5.63 Å². The Morgan fingerprint density at radius 1 is 1.00 bits per heavy atom. The Labute approximate surface area is 177 Å². The Morgan fingerprint density at radius 3 is 2.58 bits per heavy atom. The second kappa shape index (κ2) is 7.81. The minimum absolute atomic E-state index is 0.0674. The van der Waals surface area contributed by atoms with Crippen molar-refractivity contribution in [2.24, 2.45) is 0 Å². The summed E-state index contributed by atoms with van der Waals surface area (Å²) in [6, 6.07) is 16.4. The number of benzene rings is 2. The molecule has 8 nitrogen and oxygen atoms in total. The average Bonchev–Trinajstić information content (AvgIpc) is 2.79. The summed E-state index contributed by atoms with van der Waals surface area (Å²) in [6.07, 6.45) is 0. The first-order valence-electron chi connectivity index (χ1n) is 10.1. The highest BCUT2D eigenvalue weighted by molar-refractivity contribution is 5.96. The first kappa shape index (κ1) is 19.2. The van der Waals surface area contributed by atoms with E-state index in [4.69, 9.17) is 10.2 Å².